The largest absolute Gasteiger partial charge is 0.489 e. The van der Waals surface area contributed by atoms with E-state index in [1.807, 2.05) is 39.8 Å². The molecule has 104 valence electrons. The molecular formula is C16H23NO2. The minimum Gasteiger partial charge on any atom is -0.489 e. The maximum Gasteiger partial charge on any atom is 0.176 e. The van der Waals surface area contributed by atoms with Crippen LogP contribution in [-0.4, -0.2) is 24.5 Å². The number of benzene rings is 1. The van der Waals surface area contributed by atoms with Crippen LogP contribution in [0.15, 0.2) is 36.4 Å². The minimum absolute atomic E-state index is 0.0554. The van der Waals surface area contributed by atoms with Crippen LogP contribution >= 0.6 is 0 Å². The van der Waals surface area contributed by atoms with Crippen molar-refractivity contribution in [2.45, 2.75) is 33.2 Å². The van der Waals surface area contributed by atoms with Crippen LogP contribution in [0, 0.1) is 0 Å². The molecular weight excluding hydrogens is 238 g/mol. The quantitative estimate of drug-likeness (QED) is 0.631. The topological polar surface area (TPSA) is 38.3 Å². The molecule has 0 aliphatic heterocycles. The second-order valence-electron chi connectivity index (χ2n) is 5.80. The fraction of sp³-hybridized carbons (Fsp3) is 0.438. The SMILES string of the molecule is C=C(C)COc1ccc(C(=O)CNC(C)(C)C)cc1. The van der Waals surface area contributed by atoms with Crippen LogP contribution in [0.25, 0.3) is 0 Å². The summed E-state index contributed by atoms with van der Waals surface area (Å²) >= 11 is 0. The van der Waals surface area contributed by atoms with E-state index in [1.165, 1.54) is 0 Å². The second-order valence-corrected chi connectivity index (χ2v) is 5.80. The van der Waals surface area contributed by atoms with Crippen molar-refractivity contribution in [3.8, 4) is 5.75 Å². The molecule has 1 aromatic rings. The number of rotatable bonds is 6. The molecule has 0 unspecified atom stereocenters. The summed E-state index contributed by atoms with van der Waals surface area (Å²) in [6.07, 6.45) is 0. The summed E-state index contributed by atoms with van der Waals surface area (Å²) in [4.78, 5) is 12.0. The molecule has 0 spiro atoms. The first-order valence-electron chi connectivity index (χ1n) is 6.43. The van der Waals surface area contributed by atoms with Gasteiger partial charge in [0.25, 0.3) is 0 Å². The molecule has 0 amide bonds. The first kappa shape index (κ1) is 15.4. The summed E-state index contributed by atoms with van der Waals surface area (Å²) in [6.45, 7) is 12.6. The highest BCUT2D eigenvalue weighted by atomic mass is 16.5. The smallest absolute Gasteiger partial charge is 0.176 e. The first-order valence-corrected chi connectivity index (χ1v) is 6.43. The minimum atomic E-state index is -0.0554. The van der Waals surface area contributed by atoms with E-state index in [4.69, 9.17) is 4.74 Å². The van der Waals surface area contributed by atoms with E-state index in [0.29, 0.717) is 18.7 Å². The zero-order valence-electron chi connectivity index (χ0n) is 12.2. The van der Waals surface area contributed by atoms with Gasteiger partial charge in [-0.2, -0.15) is 0 Å². The lowest BCUT2D eigenvalue weighted by molar-refractivity contribution is 0.0982. The summed E-state index contributed by atoms with van der Waals surface area (Å²) in [7, 11) is 0. The fourth-order valence-corrected chi connectivity index (χ4v) is 1.39. The Labute approximate surface area is 115 Å². The predicted octanol–water partition coefficient (Wildman–Crippen LogP) is 3.21. The number of hydrogen-bond donors (Lipinski definition) is 1. The maximum absolute atomic E-state index is 12.0. The number of ketones is 1. The van der Waals surface area contributed by atoms with E-state index in [0.717, 1.165) is 11.3 Å². The predicted molar refractivity (Wildman–Crippen MR) is 78.8 cm³/mol. The lowest BCUT2D eigenvalue weighted by Gasteiger charge is -2.19. The fourth-order valence-electron chi connectivity index (χ4n) is 1.39. The molecule has 0 atom stereocenters. The average molecular weight is 261 g/mol. The lowest BCUT2D eigenvalue weighted by Crippen LogP contribution is -2.39. The van der Waals surface area contributed by atoms with Gasteiger partial charge in [0.15, 0.2) is 5.78 Å². The van der Waals surface area contributed by atoms with Crippen molar-refractivity contribution in [1.29, 1.82) is 0 Å². The molecule has 0 bridgehead atoms. The summed E-state index contributed by atoms with van der Waals surface area (Å²) in [6, 6.07) is 7.21. The van der Waals surface area contributed by atoms with Crippen molar-refractivity contribution in [2.24, 2.45) is 0 Å². The molecule has 1 aromatic carbocycles. The summed E-state index contributed by atoms with van der Waals surface area (Å²) in [5.41, 5.74) is 1.61. The van der Waals surface area contributed by atoms with Gasteiger partial charge in [0.2, 0.25) is 0 Å². The van der Waals surface area contributed by atoms with Gasteiger partial charge in [0.1, 0.15) is 12.4 Å². The van der Waals surface area contributed by atoms with Gasteiger partial charge in [0, 0.05) is 11.1 Å². The van der Waals surface area contributed by atoms with E-state index < -0.39 is 0 Å². The summed E-state index contributed by atoms with van der Waals surface area (Å²) in [5.74, 6) is 0.838. The van der Waals surface area contributed by atoms with Crippen molar-refractivity contribution >= 4 is 5.78 Å². The van der Waals surface area contributed by atoms with E-state index >= 15 is 0 Å². The molecule has 0 fully saturated rings. The Bertz CT molecular complexity index is 441. The lowest BCUT2D eigenvalue weighted by atomic mass is 10.1. The van der Waals surface area contributed by atoms with Crippen LogP contribution in [0.4, 0.5) is 0 Å². The Morgan fingerprint density at radius 2 is 1.84 bits per heavy atom. The second kappa shape index (κ2) is 6.53. The Balaban J connectivity index is 2.55. The average Bonchev–Trinajstić information content (AvgIpc) is 2.33. The highest BCUT2D eigenvalue weighted by Gasteiger charge is 2.12. The first-order chi connectivity index (χ1) is 8.78. The molecule has 1 rings (SSSR count). The molecule has 0 radical (unpaired) electrons. The molecule has 19 heavy (non-hydrogen) atoms. The van der Waals surface area contributed by atoms with Gasteiger partial charge in [0.05, 0.1) is 6.54 Å². The van der Waals surface area contributed by atoms with Crippen molar-refractivity contribution in [1.82, 2.24) is 5.32 Å². The van der Waals surface area contributed by atoms with Gasteiger partial charge in [-0.25, -0.2) is 0 Å². The van der Waals surface area contributed by atoms with E-state index in [9.17, 15) is 4.79 Å². The Morgan fingerprint density at radius 1 is 1.26 bits per heavy atom. The highest BCUT2D eigenvalue weighted by molar-refractivity contribution is 5.97. The van der Waals surface area contributed by atoms with E-state index in [-0.39, 0.29) is 11.3 Å². The number of carbonyl (C=O) groups is 1. The molecule has 0 saturated heterocycles. The molecule has 1 N–H and O–H groups in total. The normalized spacial score (nSPS) is 11.2. The molecule has 0 saturated carbocycles. The molecule has 3 heteroatoms. The van der Waals surface area contributed by atoms with Crippen LogP contribution in [0.5, 0.6) is 5.75 Å². The zero-order valence-corrected chi connectivity index (χ0v) is 12.2. The van der Waals surface area contributed by atoms with Gasteiger partial charge in [-0.1, -0.05) is 6.58 Å². The van der Waals surface area contributed by atoms with Crippen LogP contribution < -0.4 is 10.1 Å². The zero-order chi connectivity index (χ0) is 14.5. The number of hydrogen-bond acceptors (Lipinski definition) is 3. The Morgan fingerprint density at radius 3 is 2.32 bits per heavy atom. The van der Waals surface area contributed by atoms with E-state index in [1.54, 1.807) is 12.1 Å². The number of ether oxygens (including phenoxy) is 1. The molecule has 0 aliphatic carbocycles. The van der Waals surface area contributed by atoms with Crippen molar-refractivity contribution in [2.75, 3.05) is 13.2 Å². The third-order valence-corrected chi connectivity index (χ3v) is 2.44. The van der Waals surface area contributed by atoms with Crippen LogP contribution in [-0.2, 0) is 0 Å². The Hall–Kier alpha value is -1.61. The molecule has 0 aliphatic rings. The van der Waals surface area contributed by atoms with Gasteiger partial charge in [-0.05, 0) is 57.5 Å². The Kier molecular flexibility index (Phi) is 5.31. The van der Waals surface area contributed by atoms with Gasteiger partial charge in [-0.15, -0.1) is 0 Å². The van der Waals surface area contributed by atoms with Crippen LogP contribution in [0.1, 0.15) is 38.1 Å². The standard InChI is InChI=1S/C16H23NO2/c1-12(2)11-19-14-8-6-13(7-9-14)15(18)10-17-16(3,4)5/h6-9,17H,1,10-11H2,2-5H3. The molecule has 0 heterocycles. The molecule has 3 nitrogen and oxygen atoms in total. The number of Topliss-reactive ketones (excluding diaryl/α,β-unsaturated/α-hetero) is 1. The number of nitrogens with one attached hydrogen (secondary N) is 1. The van der Waals surface area contributed by atoms with Gasteiger partial charge >= 0.3 is 0 Å². The van der Waals surface area contributed by atoms with Crippen molar-refractivity contribution in [3.05, 3.63) is 42.0 Å². The van der Waals surface area contributed by atoms with E-state index in [2.05, 4.69) is 11.9 Å². The third-order valence-electron chi connectivity index (χ3n) is 2.44. The monoisotopic (exact) mass is 261 g/mol. The summed E-state index contributed by atoms with van der Waals surface area (Å²) in [5, 5.41) is 3.18. The third kappa shape index (κ3) is 6.20. The van der Waals surface area contributed by atoms with Gasteiger partial charge < -0.3 is 10.1 Å². The van der Waals surface area contributed by atoms with Crippen molar-refractivity contribution < 1.29 is 9.53 Å². The van der Waals surface area contributed by atoms with Crippen molar-refractivity contribution in [3.63, 3.8) is 0 Å². The number of carbonyl (C=O) groups excluding carboxylic acids is 1. The van der Waals surface area contributed by atoms with Crippen LogP contribution in [0.3, 0.4) is 0 Å². The maximum atomic E-state index is 12.0. The van der Waals surface area contributed by atoms with Crippen LogP contribution in [0.2, 0.25) is 0 Å². The summed E-state index contributed by atoms with van der Waals surface area (Å²) < 4.78 is 5.49. The molecule has 0 aromatic heterocycles. The highest BCUT2D eigenvalue weighted by Crippen LogP contribution is 2.13. The van der Waals surface area contributed by atoms with Gasteiger partial charge in [-0.3, -0.25) is 4.79 Å².